The maximum Gasteiger partial charge on any atom is 0.344 e. The van der Waals surface area contributed by atoms with E-state index < -0.39 is 28.7 Å². The fourth-order valence-corrected chi connectivity index (χ4v) is 4.20. The van der Waals surface area contributed by atoms with Gasteiger partial charge in [0, 0.05) is 10.6 Å². The van der Waals surface area contributed by atoms with E-state index in [1.165, 1.54) is 42.5 Å². The van der Waals surface area contributed by atoms with Crippen LogP contribution in [-0.2, 0) is 0 Å². The molecule has 7 nitrogen and oxygen atoms in total. The van der Waals surface area contributed by atoms with E-state index in [0.717, 1.165) is 0 Å². The van der Waals surface area contributed by atoms with E-state index in [4.69, 9.17) is 20.4 Å². The Bertz CT molecular complexity index is 1570. The predicted molar refractivity (Wildman–Crippen MR) is 122 cm³/mol. The van der Waals surface area contributed by atoms with E-state index in [1.54, 1.807) is 24.3 Å². The fourth-order valence-electron chi connectivity index (χ4n) is 4.02. The van der Waals surface area contributed by atoms with Crippen LogP contribution >= 0.6 is 11.6 Å². The van der Waals surface area contributed by atoms with Gasteiger partial charge in [-0.1, -0.05) is 35.9 Å². The third-order valence-corrected chi connectivity index (χ3v) is 5.75. The summed E-state index contributed by atoms with van der Waals surface area (Å²) < 4.78 is 10.8. The Balaban J connectivity index is 1.95. The van der Waals surface area contributed by atoms with E-state index in [9.17, 15) is 24.9 Å². The number of hydrogen-bond acceptors (Lipinski definition) is 7. The molecule has 8 heteroatoms. The van der Waals surface area contributed by atoms with Gasteiger partial charge in [-0.05, 0) is 42.5 Å². The molecule has 0 aliphatic rings. The van der Waals surface area contributed by atoms with E-state index in [0.29, 0.717) is 0 Å². The lowest BCUT2D eigenvalue weighted by atomic mass is 9.84. The number of phenols is 1. The Kier molecular flexibility index (Phi) is 4.83. The third-order valence-electron chi connectivity index (χ3n) is 5.52. The fraction of sp³-hybridized carbons (Fsp3) is 0.0400. The molecule has 3 N–H and O–H groups in total. The van der Waals surface area contributed by atoms with Gasteiger partial charge in [-0.25, -0.2) is 9.59 Å². The van der Waals surface area contributed by atoms with Crippen LogP contribution in [-0.4, -0.2) is 15.3 Å². The monoisotopic (exact) mass is 462 g/mol. The Morgan fingerprint density at radius 1 is 0.697 bits per heavy atom. The van der Waals surface area contributed by atoms with Crippen molar-refractivity contribution in [2.45, 2.75) is 5.92 Å². The highest BCUT2D eigenvalue weighted by Crippen LogP contribution is 2.44. The molecule has 3 aromatic carbocycles. The van der Waals surface area contributed by atoms with Gasteiger partial charge in [-0.3, -0.25) is 0 Å². The molecular weight excluding hydrogens is 448 g/mol. The van der Waals surface area contributed by atoms with Crippen LogP contribution < -0.4 is 11.3 Å². The molecule has 0 amide bonds. The second kappa shape index (κ2) is 7.72. The molecule has 164 valence electrons. The molecule has 0 saturated carbocycles. The van der Waals surface area contributed by atoms with E-state index in [-0.39, 0.29) is 49.4 Å². The predicted octanol–water partition coefficient (Wildman–Crippen LogP) is 4.85. The SMILES string of the molecule is O=c1oc2ccccc2c(O)c1C(c1cc(Cl)ccc1O)c1c(O)c2ccccc2oc1=O. The van der Waals surface area contributed by atoms with Crippen LogP contribution in [0.15, 0.2) is 85.2 Å². The Hall–Kier alpha value is -4.23. The first-order valence-electron chi connectivity index (χ1n) is 9.84. The van der Waals surface area contributed by atoms with Crippen molar-refractivity contribution in [2.75, 3.05) is 0 Å². The number of hydrogen-bond donors (Lipinski definition) is 3. The third kappa shape index (κ3) is 3.30. The van der Waals surface area contributed by atoms with Crippen molar-refractivity contribution in [3.8, 4) is 17.2 Å². The second-order valence-corrected chi connectivity index (χ2v) is 7.87. The molecule has 0 aliphatic carbocycles. The summed E-state index contributed by atoms with van der Waals surface area (Å²) in [5.41, 5.74) is -2.36. The molecule has 5 aromatic rings. The smallest absolute Gasteiger partial charge is 0.344 e. The minimum atomic E-state index is -1.45. The highest BCUT2D eigenvalue weighted by Gasteiger charge is 2.34. The molecule has 0 aliphatic heterocycles. The first-order chi connectivity index (χ1) is 15.9. The lowest BCUT2D eigenvalue weighted by Crippen LogP contribution is -2.21. The van der Waals surface area contributed by atoms with Crippen LogP contribution in [0.4, 0.5) is 0 Å². The number of fused-ring (bicyclic) bond motifs is 2. The van der Waals surface area contributed by atoms with Crippen LogP contribution in [0.1, 0.15) is 22.6 Å². The topological polar surface area (TPSA) is 121 Å². The summed E-state index contributed by atoms with van der Waals surface area (Å²) in [6.45, 7) is 0. The van der Waals surface area contributed by atoms with Crippen molar-refractivity contribution < 1.29 is 24.2 Å². The largest absolute Gasteiger partial charge is 0.508 e. The summed E-state index contributed by atoms with van der Waals surface area (Å²) in [4.78, 5) is 26.1. The van der Waals surface area contributed by atoms with Crippen molar-refractivity contribution in [3.05, 3.63) is 109 Å². The summed E-state index contributed by atoms with van der Waals surface area (Å²) >= 11 is 6.15. The molecule has 0 atom stereocenters. The van der Waals surface area contributed by atoms with Crippen molar-refractivity contribution >= 4 is 33.5 Å². The lowest BCUT2D eigenvalue weighted by Gasteiger charge is -2.20. The first-order valence-corrected chi connectivity index (χ1v) is 10.2. The van der Waals surface area contributed by atoms with Gasteiger partial charge >= 0.3 is 11.3 Å². The summed E-state index contributed by atoms with van der Waals surface area (Å²) in [6.07, 6.45) is 0. The van der Waals surface area contributed by atoms with Crippen LogP contribution in [0.2, 0.25) is 5.02 Å². The number of para-hydroxylation sites is 2. The minimum absolute atomic E-state index is 0.00161. The van der Waals surface area contributed by atoms with Crippen LogP contribution in [0.25, 0.3) is 21.9 Å². The Labute approximate surface area is 190 Å². The van der Waals surface area contributed by atoms with Gasteiger partial charge in [0.05, 0.1) is 27.8 Å². The van der Waals surface area contributed by atoms with Gasteiger partial charge in [-0.15, -0.1) is 0 Å². The molecule has 2 heterocycles. The Morgan fingerprint density at radius 2 is 1.18 bits per heavy atom. The zero-order chi connectivity index (χ0) is 23.3. The molecule has 0 radical (unpaired) electrons. The Morgan fingerprint density at radius 3 is 1.70 bits per heavy atom. The maximum absolute atomic E-state index is 13.1. The van der Waals surface area contributed by atoms with Crippen molar-refractivity contribution in [3.63, 3.8) is 0 Å². The molecule has 0 unspecified atom stereocenters. The lowest BCUT2D eigenvalue weighted by molar-refractivity contribution is 0.435. The summed E-state index contributed by atoms with van der Waals surface area (Å²) in [5.74, 6) is -2.69. The number of rotatable bonds is 3. The zero-order valence-electron chi connectivity index (χ0n) is 16.8. The van der Waals surface area contributed by atoms with Gasteiger partial charge in [-0.2, -0.15) is 0 Å². The maximum atomic E-state index is 13.1. The van der Waals surface area contributed by atoms with Crippen LogP contribution in [0.3, 0.4) is 0 Å². The van der Waals surface area contributed by atoms with E-state index >= 15 is 0 Å². The van der Waals surface area contributed by atoms with Crippen molar-refractivity contribution in [2.24, 2.45) is 0 Å². The minimum Gasteiger partial charge on any atom is -0.508 e. The van der Waals surface area contributed by atoms with Gasteiger partial charge in [0.1, 0.15) is 28.4 Å². The van der Waals surface area contributed by atoms with Crippen LogP contribution in [0.5, 0.6) is 17.2 Å². The number of benzene rings is 3. The molecular formula is C25H15ClO7. The zero-order valence-corrected chi connectivity index (χ0v) is 17.5. The van der Waals surface area contributed by atoms with Gasteiger partial charge in [0.2, 0.25) is 0 Å². The van der Waals surface area contributed by atoms with Gasteiger partial charge < -0.3 is 24.2 Å². The highest BCUT2D eigenvalue weighted by molar-refractivity contribution is 6.30. The van der Waals surface area contributed by atoms with E-state index in [1.807, 2.05) is 0 Å². The summed E-state index contributed by atoms with van der Waals surface area (Å²) in [5, 5.41) is 33.4. The average molecular weight is 463 g/mol. The molecule has 5 rings (SSSR count). The molecule has 0 saturated heterocycles. The van der Waals surface area contributed by atoms with E-state index in [2.05, 4.69) is 0 Å². The number of aromatic hydroxyl groups is 3. The quantitative estimate of drug-likeness (QED) is 0.328. The molecule has 0 spiro atoms. The highest BCUT2D eigenvalue weighted by atomic mass is 35.5. The van der Waals surface area contributed by atoms with Gasteiger partial charge in [0.15, 0.2) is 0 Å². The van der Waals surface area contributed by atoms with Crippen LogP contribution in [0, 0.1) is 0 Å². The standard InChI is InChI=1S/C25H15ClO7/c26-12-9-10-16(27)15(11-12)19(20-22(28)13-5-1-3-7-17(13)32-24(20)30)21-23(29)14-6-2-4-8-18(14)33-25(21)31/h1-11,19,27-29H. The number of phenolic OH excluding ortho intramolecular Hbond substituents is 1. The molecule has 33 heavy (non-hydrogen) atoms. The normalized spacial score (nSPS) is 11.5. The summed E-state index contributed by atoms with van der Waals surface area (Å²) in [6, 6.07) is 16.7. The number of halogens is 1. The average Bonchev–Trinajstić information content (AvgIpc) is 2.79. The van der Waals surface area contributed by atoms with Crippen molar-refractivity contribution in [1.82, 2.24) is 0 Å². The first kappa shape index (κ1) is 20.7. The van der Waals surface area contributed by atoms with Crippen molar-refractivity contribution in [1.29, 1.82) is 0 Å². The summed E-state index contributed by atoms with van der Waals surface area (Å²) in [7, 11) is 0. The van der Waals surface area contributed by atoms with Gasteiger partial charge in [0.25, 0.3) is 0 Å². The second-order valence-electron chi connectivity index (χ2n) is 7.43. The molecule has 0 fully saturated rings. The molecule has 0 bridgehead atoms. The molecule has 2 aromatic heterocycles.